The molecule has 2 aliphatic heterocycles. The van der Waals surface area contributed by atoms with Gasteiger partial charge in [-0.05, 0) is 49.5 Å². The minimum absolute atomic E-state index is 0.114. The van der Waals surface area contributed by atoms with E-state index in [1.807, 2.05) is 0 Å². The summed E-state index contributed by atoms with van der Waals surface area (Å²) in [5, 5.41) is 4.30. The number of hydrogen-bond acceptors (Lipinski definition) is 4. The molecule has 2 atom stereocenters. The molecule has 3 rings (SSSR count). The number of rotatable bonds is 5. The smallest absolute Gasteiger partial charge is 0.163 e. The van der Waals surface area contributed by atoms with Crippen LogP contribution in [0.5, 0.6) is 0 Å². The summed E-state index contributed by atoms with van der Waals surface area (Å²) in [5.74, 6) is 1.17. The SMILES string of the molecule is O=C1CCN(CC2CNCCC2CC(=O)c2ccc(Cl)c(Cl)c2)C1. The standard InChI is InChI=1S/C18H22Cl2N2O2/c19-16-2-1-13(7-17(16)20)18(24)8-12-3-5-21-9-14(12)10-22-6-4-15(23)11-22/h1-2,7,12,14,21H,3-6,8-11H2. The summed E-state index contributed by atoms with van der Waals surface area (Å²) < 4.78 is 0. The molecule has 0 saturated carbocycles. The van der Waals surface area contributed by atoms with Crippen molar-refractivity contribution in [2.45, 2.75) is 19.3 Å². The molecule has 0 amide bonds. The van der Waals surface area contributed by atoms with E-state index in [9.17, 15) is 9.59 Å². The van der Waals surface area contributed by atoms with E-state index in [0.29, 0.717) is 52.6 Å². The van der Waals surface area contributed by atoms with Crippen molar-refractivity contribution in [2.75, 3.05) is 32.7 Å². The summed E-state index contributed by atoms with van der Waals surface area (Å²) in [6.07, 6.45) is 2.17. The quantitative estimate of drug-likeness (QED) is 0.811. The average molecular weight is 369 g/mol. The van der Waals surface area contributed by atoms with E-state index in [1.54, 1.807) is 18.2 Å². The molecule has 0 bridgehead atoms. The lowest BCUT2D eigenvalue weighted by Gasteiger charge is -2.34. The van der Waals surface area contributed by atoms with E-state index in [1.165, 1.54) is 0 Å². The van der Waals surface area contributed by atoms with Crippen LogP contribution in [0.15, 0.2) is 18.2 Å². The number of piperidine rings is 1. The van der Waals surface area contributed by atoms with Crippen LogP contribution in [0.3, 0.4) is 0 Å². The lowest BCUT2D eigenvalue weighted by atomic mass is 9.81. The normalized spacial score (nSPS) is 25.2. The van der Waals surface area contributed by atoms with Gasteiger partial charge in [0.2, 0.25) is 0 Å². The molecule has 0 aromatic heterocycles. The molecule has 2 saturated heterocycles. The van der Waals surface area contributed by atoms with Crippen molar-refractivity contribution in [1.82, 2.24) is 10.2 Å². The van der Waals surface area contributed by atoms with Crippen LogP contribution in [-0.4, -0.2) is 49.2 Å². The molecule has 2 heterocycles. The van der Waals surface area contributed by atoms with Crippen molar-refractivity contribution in [2.24, 2.45) is 11.8 Å². The summed E-state index contributed by atoms with van der Waals surface area (Å²) in [7, 11) is 0. The van der Waals surface area contributed by atoms with E-state index in [0.717, 1.165) is 32.6 Å². The van der Waals surface area contributed by atoms with Gasteiger partial charge in [0.1, 0.15) is 5.78 Å². The topological polar surface area (TPSA) is 49.4 Å². The van der Waals surface area contributed by atoms with Gasteiger partial charge in [0.15, 0.2) is 5.78 Å². The Bertz CT molecular complexity index is 635. The van der Waals surface area contributed by atoms with Crippen LogP contribution in [-0.2, 0) is 4.79 Å². The second kappa shape index (κ2) is 7.96. The molecule has 1 aromatic rings. The predicted molar refractivity (Wildman–Crippen MR) is 95.9 cm³/mol. The second-order valence-corrected chi connectivity index (χ2v) is 7.61. The highest BCUT2D eigenvalue weighted by Crippen LogP contribution is 2.28. The molecule has 0 radical (unpaired) electrons. The molecule has 1 aromatic carbocycles. The fraction of sp³-hybridized carbons (Fsp3) is 0.556. The van der Waals surface area contributed by atoms with Crippen LogP contribution in [0.2, 0.25) is 10.0 Å². The van der Waals surface area contributed by atoms with Gasteiger partial charge in [0.25, 0.3) is 0 Å². The monoisotopic (exact) mass is 368 g/mol. The molecular formula is C18H22Cl2N2O2. The number of benzene rings is 1. The van der Waals surface area contributed by atoms with Crippen molar-refractivity contribution in [3.63, 3.8) is 0 Å². The van der Waals surface area contributed by atoms with Crippen molar-refractivity contribution in [1.29, 1.82) is 0 Å². The molecule has 4 nitrogen and oxygen atoms in total. The number of nitrogens with one attached hydrogen (secondary N) is 1. The first-order valence-electron chi connectivity index (χ1n) is 8.46. The summed E-state index contributed by atoms with van der Waals surface area (Å²) in [4.78, 5) is 26.3. The third-order valence-corrected chi connectivity index (χ3v) is 5.79. The van der Waals surface area contributed by atoms with E-state index in [4.69, 9.17) is 23.2 Å². The number of nitrogens with zero attached hydrogens (tertiary/aromatic N) is 1. The lowest BCUT2D eigenvalue weighted by Crippen LogP contribution is -2.43. The predicted octanol–water partition coefficient (Wildman–Crippen LogP) is 3.07. The highest BCUT2D eigenvalue weighted by atomic mass is 35.5. The third-order valence-electron chi connectivity index (χ3n) is 5.05. The van der Waals surface area contributed by atoms with E-state index in [-0.39, 0.29) is 5.78 Å². The Morgan fingerprint density at radius 2 is 2.08 bits per heavy atom. The largest absolute Gasteiger partial charge is 0.316 e. The van der Waals surface area contributed by atoms with Gasteiger partial charge in [-0.15, -0.1) is 0 Å². The number of halogens is 2. The van der Waals surface area contributed by atoms with Crippen molar-refractivity contribution < 1.29 is 9.59 Å². The van der Waals surface area contributed by atoms with Crippen LogP contribution >= 0.6 is 23.2 Å². The Hall–Kier alpha value is -0.940. The number of hydrogen-bond donors (Lipinski definition) is 1. The number of Topliss-reactive ketones (excluding diaryl/α,β-unsaturated/α-hetero) is 2. The maximum absolute atomic E-state index is 12.6. The first-order chi connectivity index (χ1) is 11.5. The van der Waals surface area contributed by atoms with Crippen LogP contribution < -0.4 is 5.32 Å². The summed E-state index contributed by atoms with van der Waals surface area (Å²) in [6.45, 7) is 4.14. The Morgan fingerprint density at radius 1 is 1.25 bits per heavy atom. The molecular weight excluding hydrogens is 347 g/mol. The van der Waals surface area contributed by atoms with E-state index < -0.39 is 0 Å². The molecule has 6 heteroatoms. The van der Waals surface area contributed by atoms with Gasteiger partial charge in [-0.25, -0.2) is 0 Å². The summed E-state index contributed by atoms with van der Waals surface area (Å²) in [5.41, 5.74) is 0.623. The molecule has 0 aliphatic carbocycles. The lowest BCUT2D eigenvalue weighted by molar-refractivity contribution is -0.117. The van der Waals surface area contributed by atoms with Crippen LogP contribution in [0.25, 0.3) is 0 Å². The molecule has 0 spiro atoms. The minimum Gasteiger partial charge on any atom is -0.316 e. The van der Waals surface area contributed by atoms with Gasteiger partial charge in [-0.1, -0.05) is 23.2 Å². The fourth-order valence-electron chi connectivity index (χ4n) is 3.66. The van der Waals surface area contributed by atoms with Crippen LogP contribution in [0.1, 0.15) is 29.6 Å². The van der Waals surface area contributed by atoms with E-state index in [2.05, 4.69) is 10.2 Å². The third kappa shape index (κ3) is 4.37. The second-order valence-electron chi connectivity index (χ2n) is 6.79. The fourth-order valence-corrected chi connectivity index (χ4v) is 3.96. The van der Waals surface area contributed by atoms with Crippen LogP contribution in [0, 0.1) is 11.8 Å². The van der Waals surface area contributed by atoms with E-state index >= 15 is 0 Å². The zero-order chi connectivity index (χ0) is 17.1. The molecule has 24 heavy (non-hydrogen) atoms. The first kappa shape index (κ1) is 17.9. The van der Waals surface area contributed by atoms with Gasteiger partial charge in [-0.2, -0.15) is 0 Å². The highest BCUT2D eigenvalue weighted by Gasteiger charge is 2.31. The van der Waals surface area contributed by atoms with Crippen molar-refractivity contribution in [3.8, 4) is 0 Å². The number of carbonyl (C=O) groups is 2. The van der Waals surface area contributed by atoms with Crippen LogP contribution in [0.4, 0.5) is 0 Å². The van der Waals surface area contributed by atoms with Crippen molar-refractivity contribution >= 4 is 34.8 Å². The Morgan fingerprint density at radius 3 is 2.79 bits per heavy atom. The Kier molecular flexibility index (Phi) is 5.93. The summed E-state index contributed by atoms with van der Waals surface area (Å²) in [6, 6.07) is 5.07. The van der Waals surface area contributed by atoms with Gasteiger partial charge in [0, 0.05) is 31.5 Å². The Labute approximate surface area is 152 Å². The number of likely N-dealkylation sites (tertiary alicyclic amines) is 1. The minimum atomic E-state index is 0.114. The maximum atomic E-state index is 12.6. The highest BCUT2D eigenvalue weighted by molar-refractivity contribution is 6.42. The Balaban J connectivity index is 1.63. The summed E-state index contributed by atoms with van der Waals surface area (Å²) >= 11 is 11.9. The molecule has 130 valence electrons. The van der Waals surface area contributed by atoms with Gasteiger partial charge < -0.3 is 5.32 Å². The molecule has 2 fully saturated rings. The van der Waals surface area contributed by atoms with Gasteiger partial charge in [-0.3, -0.25) is 14.5 Å². The van der Waals surface area contributed by atoms with Gasteiger partial charge >= 0.3 is 0 Å². The molecule has 2 unspecified atom stereocenters. The number of ketones is 2. The maximum Gasteiger partial charge on any atom is 0.163 e. The zero-order valence-corrected chi connectivity index (χ0v) is 15.1. The van der Waals surface area contributed by atoms with Crippen molar-refractivity contribution in [3.05, 3.63) is 33.8 Å². The average Bonchev–Trinajstić information content (AvgIpc) is 2.97. The molecule has 1 N–H and O–H groups in total. The number of carbonyl (C=O) groups excluding carboxylic acids is 2. The molecule has 2 aliphatic rings. The first-order valence-corrected chi connectivity index (χ1v) is 9.21. The zero-order valence-electron chi connectivity index (χ0n) is 13.6. The van der Waals surface area contributed by atoms with Gasteiger partial charge in [0.05, 0.1) is 16.6 Å².